The Kier molecular flexibility index (Phi) is 6.02. The van der Waals surface area contributed by atoms with Crippen LogP contribution in [0.25, 0.3) is 0 Å². The minimum Gasteiger partial charge on any atom is -0.480 e. The third-order valence-corrected chi connectivity index (χ3v) is 3.84. The zero-order chi connectivity index (χ0) is 18.6. The molecule has 25 heavy (non-hydrogen) atoms. The molecule has 1 saturated heterocycles. The molecule has 1 aromatic carbocycles. The highest BCUT2D eigenvalue weighted by molar-refractivity contribution is 5.85. The minimum absolute atomic E-state index is 0.0440. The Bertz CT molecular complexity index is 662. The minimum atomic E-state index is -1.25. The first kappa shape index (κ1) is 18.8. The Morgan fingerprint density at radius 1 is 1.36 bits per heavy atom. The summed E-state index contributed by atoms with van der Waals surface area (Å²) in [5, 5.41) is 11.5. The van der Waals surface area contributed by atoms with E-state index < -0.39 is 53.5 Å². The second-order valence-corrected chi connectivity index (χ2v) is 5.61. The molecular formula is C16H18F2N2O5. The Morgan fingerprint density at radius 2 is 2.00 bits per heavy atom. The van der Waals surface area contributed by atoms with E-state index in [0.717, 1.165) is 24.0 Å². The number of rotatable bonds is 5. The van der Waals surface area contributed by atoms with Gasteiger partial charge in [0.15, 0.2) is 6.04 Å². The first-order valence-electron chi connectivity index (χ1n) is 7.62. The number of carboxylic acids is 1. The molecule has 0 spiro atoms. The summed E-state index contributed by atoms with van der Waals surface area (Å²) in [6.45, 7) is 1.20. The molecule has 0 unspecified atom stereocenters. The van der Waals surface area contributed by atoms with E-state index in [-0.39, 0.29) is 19.8 Å². The molecule has 2 atom stereocenters. The van der Waals surface area contributed by atoms with Crippen LogP contribution in [0.1, 0.15) is 24.9 Å². The van der Waals surface area contributed by atoms with Gasteiger partial charge in [-0.25, -0.2) is 13.6 Å². The zero-order valence-electron chi connectivity index (χ0n) is 13.5. The molecule has 2 rings (SSSR count). The molecule has 1 aromatic rings. The first-order chi connectivity index (χ1) is 11.8. The summed E-state index contributed by atoms with van der Waals surface area (Å²) < 4.78 is 33.1. The number of amides is 2. The van der Waals surface area contributed by atoms with Crippen molar-refractivity contribution in [1.82, 2.24) is 10.2 Å². The molecule has 2 amide bonds. The van der Waals surface area contributed by atoms with Crippen LogP contribution >= 0.6 is 0 Å². The maximum atomic E-state index is 14.0. The topological polar surface area (TPSA) is 95.9 Å². The van der Waals surface area contributed by atoms with Crippen LogP contribution in [0.3, 0.4) is 0 Å². The van der Waals surface area contributed by atoms with E-state index in [1.807, 2.05) is 0 Å². The Hall–Kier alpha value is -2.55. The van der Waals surface area contributed by atoms with Crippen molar-refractivity contribution in [1.29, 1.82) is 0 Å². The molecule has 0 bridgehead atoms. The Morgan fingerprint density at radius 3 is 2.56 bits per heavy atom. The number of carbonyl (C=O) groups excluding carboxylic acids is 2. The van der Waals surface area contributed by atoms with Gasteiger partial charge in [0.1, 0.15) is 11.6 Å². The molecule has 9 heteroatoms. The van der Waals surface area contributed by atoms with Gasteiger partial charge in [0.05, 0.1) is 25.7 Å². The summed E-state index contributed by atoms with van der Waals surface area (Å²) in [6.07, 6.45) is -0.471. The number of carbonyl (C=O) groups is 3. The van der Waals surface area contributed by atoms with Crippen molar-refractivity contribution in [2.45, 2.75) is 25.4 Å². The highest BCUT2D eigenvalue weighted by Crippen LogP contribution is 2.25. The fourth-order valence-electron chi connectivity index (χ4n) is 2.71. The quantitative estimate of drug-likeness (QED) is 0.815. The van der Waals surface area contributed by atoms with Gasteiger partial charge in [-0.05, 0) is 12.1 Å². The maximum Gasteiger partial charge on any atom is 0.328 e. The smallest absolute Gasteiger partial charge is 0.328 e. The number of benzene rings is 1. The van der Waals surface area contributed by atoms with Crippen LogP contribution in [0.5, 0.6) is 0 Å². The average Bonchev–Trinajstić information content (AvgIpc) is 2.53. The zero-order valence-corrected chi connectivity index (χ0v) is 13.5. The van der Waals surface area contributed by atoms with Crippen LogP contribution < -0.4 is 5.32 Å². The van der Waals surface area contributed by atoms with Gasteiger partial charge in [0.25, 0.3) is 0 Å². The standard InChI is InChI=1S/C16H18F2N2O5/c1-9(21)19-12(15-10(17)3-2-4-11(15)18)7-14(22)20-5-6-25-8-13(20)16(23)24/h2-4,12-13H,5-8H2,1H3,(H,19,21)(H,23,24)/t12-,13+/m0/s1. The second kappa shape index (κ2) is 8.02. The van der Waals surface area contributed by atoms with Gasteiger partial charge < -0.3 is 20.1 Å². The number of morpholine rings is 1. The first-order valence-corrected chi connectivity index (χ1v) is 7.62. The van der Waals surface area contributed by atoms with Crippen molar-refractivity contribution in [3.05, 3.63) is 35.4 Å². The van der Waals surface area contributed by atoms with Gasteiger partial charge >= 0.3 is 5.97 Å². The predicted octanol–water partition coefficient (Wildman–Crippen LogP) is 0.844. The lowest BCUT2D eigenvalue weighted by molar-refractivity contribution is -0.158. The van der Waals surface area contributed by atoms with Crippen molar-refractivity contribution in [2.75, 3.05) is 19.8 Å². The van der Waals surface area contributed by atoms with Gasteiger partial charge in [0, 0.05) is 19.0 Å². The predicted molar refractivity (Wildman–Crippen MR) is 81.5 cm³/mol. The van der Waals surface area contributed by atoms with E-state index in [1.165, 1.54) is 6.07 Å². The van der Waals surface area contributed by atoms with Gasteiger partial charge in [0.2, 0.25) is 11.8 Å². The molecule has 0 radical (unpaired) electrons. The number of nitrogens with zero attached hydrogens (tertiary/aromatic N) is 1. The molecule has 1 fully saturated rings. The lowest BCUT2D eigenvalue weighted by atomic mass is 10.0. The van der Waals surface area contributed by atoms with Crippen molar-refractivity contribution in [3.8, 4) is 0 Å². The lowest BCUT2D eigenvalue weighted by Gasteiger charge is -2.34. The molecule has 2 N–H and O–H groups in total. The van der Waals surface area contributed by atoms with E-state index in [0.29, 0.717) is 0 Å². The number of hydrogen-bond acceptors (Lipinski definition) is 4. The maximum absolute atomic E-state index is 14.0. The number of aliphatic carboxylic acids is 1. The van der Waals surface area contributed by atoms with E-state index in [4.69, 9.17) is 4.74 Å². The lowest BCUT2D eigenvalue weighted by Crippen LogP contribution is -2.53. The number of carboxylic acid groups (broad SMARTS) is 1. The van der Waals surface area contributed by atoms with Crippen LogP contribution in [0.4, 0.5) is 8.78 Å². The highest BCUT2D eigenvalue weighted by atomic mass is 19.1. The van der Waals surface area contributed by atoms with Crippen molar-refractivity contribution >= 4 is 17.8 Å². The molecule has 0 saturated carbocycles. The van der Waals surface area contributed by atoms with Crippen LogP contribution in [-0.4, -0.2) is 53.6 Å². The van der Waals surface area contributed by atoms with E-state index in [1.54, 1.807) is 0 Å². The van der Waals surface area contributed by atoms with Crippen LogP contribution in [0.2, 0.25) is 0 Å². The summed E-state index contributed by atoms with van der Waals surface area (Å²) in [5.74, 6) is -4.25. The summed E-state index contributed by atoms with van der Waals surface area (Å²) in [7, 11) is 0. The molecule has 7 nitrogen and oxygen atoms in total. The average molecular weight is 356 g/mol. The number of nitrogens with one attached hydrogen (secondary N) is 1. The van der Waals surface area contributed by atoms with Crippen molar-refractivity contribution in [2.24, 2.45) is 0 Å². The van der Waals surface area contributed by atoms with Gasteiger partial charge in [-0.15, -0.1) is 0 Å². The van der Waals surface area contributed by atoms with Gasteiger partial charge in [-0.1, -0.05) is 6.07 Å². The number of halogens is 2. The van der Waals surface area contributed by atoms with Crippen molar-refractivity contribution < 1.29 is 33.0 Å². The molecule has 1 aliphatic rings. The molecule has 1 aliphatic heterocycles. The monoisotopic (exact) mass is 356 g/mol. The molecular weight excluding hydrogens is 338 g/mol. The summed E-state index contributed by atoms with van der Waals surface area (Å²) in [5.41, 5.74) is -0.439. The van der Waals surface area contributed by atoms with Crippen LogP contribution in [-0.2, 0) is 19.1 Å². The molecule has 0 aromatic heterocycles. The summed E-state index contributed by atoms with van der Waals surface area (Å²) >= 11 is 0. The number of hydrogen-bond donors (Lipinski definition) is 2. The fraction of sp³-hybridized carbons (Fsp3) is 0.438. The molecule has 1 heterocycles. The normalized spacial score (nSPS) is 18.5. The van der Waals surface area contributed by atoms with E-state index >= 15 is 0 Å². The summed E-state index contributed by atoms with van der Waals surface area (Å²) in [4.78, 5) is 36.2. The largest absolute Gasteiger partial charge is 0.480 e. The van der Waals surface area contributed by atoms with E-state index in [2.05, 4.69) is 5.32 Å². The van der Waals surface area contributed by atoms with E-state index in [9.17, 15) is 28.3 Å². The highest BCUT2D eigenvalue weighted by Gasteiger charge is 2.34. The van der Waals surface area contributed by atoms with Gasteiger partial charge in [-0.3, -0.25) is 9.59 Å². The SMILES string of the molecule is CC(=O)N[C@@H](CC(=O)N1CCOC[C@@H]1C(=O)O)c1c(F)cccc1F. The fourth-order valence-corrected chi connectivity index (χ4v) is 2.71. The van der Waals surface area contributed by atoms with Crippen molar-refractivity contribution in [3.63, 3.8) is 0 Å². The number of ether oxygens (including phenoxy) is 1. The molecule has 136 valence electrons. The van der Waals surface area contributed by atoms with Gasteiger partial charge in [-0.2, -0.15) is 0 Å². The summed E-state index contributed by atoms with van der Waals surface area (Å²) in [6, 6.07) is 0.788. The molecule has 0 aliphatic carbocycles. The van der Waals surface area contributed by atoms with Crippen LogP contribution in [0, 0.1) is 11.6 Å². The Balaban J connectivity index is 2.26. The Labute approximate surface area is 142 Å². The third-order valence-electron chi connectivity index (χ3n) is 3.84. The second-order valence-electron chi connectivity index (χ2n) is 5.61. The van der Waals surface area contributed by atoms with Crippen LogP contribution in [0.15, 0.2) is 18.2 Å². The third kappa shape index (κ3) is 4.50.